The number of amides is 4. The molecule has 0 aliphatic carbocycles. The Morgan fingerprint density at radius 3 is 2.35 bits per heavy atom. The molecule has 0 aromatic heterocycles. The molecule has 2 fully saturated rings. The van der Waals surface area contributed by atoms with Gasteiger partial charge in [0.15, 0.2) is 0 Å². The average molecular weight is 741 g/mol. The number of nitrogens with zero attached hydrogens (tertiary/aromatic N) is 3. The monoisotopic (exact) mass is 740 g/mol. The van der Waals surface area contributed by atoms with E-state index >= 15 is 0 Å². The fourth-order valence-corrected chi connectivity index (χ4v) is 6.95. The van der Waals surface area contributed by atoms with Gasteiger partial charge in [-0.2, -0.15) is 0 Å². The molecule has 290 valence electrons. The van der Waals surface area contributed by atoms with Crippen molar-refractivity contribution in [2.24, 2.45) is 0 Å². The predicted molar refractivity (Wildman–Crippen MR) is 210 cm³/mol. The topological polar surface area (TPSA) is 144 Å². The molecule has 2 heterocycles. The average Bonchev–Trinajstić information content (AvgIpc) is 3.40. The molecule has 4 amide bonds. The van der Waals surface area contributed by atoms with Crippen molar-refractivity contribution >= 4 is 29.5 Å². The summed E-state index contributed by atoms with van der Waals surface area (Å²) in [5.41, 5.74) is 3.64. The molecule has 0 unspecified atom stereocenters. The molecule has 2 aliphatic heterocycles. The van der Waals surface area contributed by atoms with Crippen molar-refractivity contribution in [3.8, 4) is 16.9 Å². The van der Waals surface area contributed by atoms with Crippen LogP contribution in [0.1, 0.15) is 63.4 Å². The highest BCUT2D eigenvalue weighted by molar-refractivity contribution is 5.91. The van der Waals surface area contributed by atoms with Gasteiger partial charge in [0.25, 0.3) is 0 Å². The molecule has 54 heavy (non-hydrogen) atoms. The van der Waals surface area contributed by atoms with E-state index in [1.54, 1.807) is 12.1 Å². The number of likely N-dealkylation sites (tertiary alicyclic amines) is 1. The standard InChI is InChI=1S/C42H56N6O6/c49-35-17-15-33(16-18-35)32-48(41(52)14-9-25-46-29-21-40(51)44-24-31-46)26-8-2-7-23-43-39(50)22-30-47-27-19-36(20-28-47)54-42(53)45-38-13-6-5-12-37(38)34-10-3-1-4-11-34/h1,3-6,10-13,15-18,36,49H,2,7-9,14,19-32H2,(H,43,50)(H,44,51)(H,45,53). The Morgan fingerprint density at radius 2 is 1.56 bits per heavy atom. The molecule has 2 aliphatic rings. The number of carbonyl (C=O) groups excluding carboxylic acids is 4. The van der Waals surface area contributed by atoms with Crippen molar-refractivity contribution in [2.75, 3.05) is 64.2 Å². The van der Waals surface area contributed by atoms with Gasteiger partial charge in [0, 0.05) is 83.7 Å². The first-order chi connectivity index (χ1) is 26.3. The quantitative estimate of drug-likeness (QED) is 0.127. The molecule has 3 aromatic rings. The van der Waals surface area contributed by atoms with Crippen LogP contribution in [-0.4, -0.2) is 109 Å². The van der Waals surface area contributed by atoms with Crippen LogP contribution < -0.4 is 16.0 Å². The second-order valence-corrected chi connectivity index (χ2v) is 14.2. The first kappa shape index (κ1) is 40.2. The minimum absolute atomic E-state index is 0.0264. The maximum absolute atomic E-state index is 13.3. The summed E-state index contributed by atoms with van der Waals surface area (Å²) in [5.74, 6) is 0.405. The molecule has 0 atom stereocenters. The summed E-state index contributed by atoms with van der Waals surface area (Å²) in [7, 11) is 0. The van der Waals surface area contributed by atoms with E-state index in [4.69, 9.17) is 4.74 Å². The zero-order chi connectivity index (χ0) is 38.0. The minimum Gasteiger partial charge on any atom is -0.508 e. The van der Waals surface area contributed by atoms with E-state index < -0.39 is 6.09 Å². The summed E-state index contributed by atoms with van der Waals surface area (Å²) in [6, 6.07) is 24.6. The van der Waals surface area contributed by atoms with Gasteiger partial charge in [-0.25, -0.2) is 4.79 Å². The van der Waals surface area contributed by atoms with Gasteiger partial charge in [0.05, 0.1) is 5.69 Å². The van der Waals surface area contributed by atoms with Gasteiger partial charge in [-0.3, -0.25) is 19.7 Å². The first-order valence-corrected chi connectivity index (χ1v) is 19.5. The van der Waals surface area contributed by atoms with Crippen LogP contribution in [0, 0.1) is 0 Å². The van der Waals surface area contributed by atoms with E-state index in [9.17, 15) is 24.3 Å². The maximum Gasteiger partial charge on any atom is 0.411 e. The fourth-order valence-electron chi connectivity index (χ4n) is 6.95. The van der Waals surface area contributed by atoms with E-state index in [0.717, 1.165) is 87.9 Å². The number of phenolic OH excluding ortho intramolecular Hbond substituents is 1. The van der Waals surface area contributed by atoms with Crippen LogP contribution in [0.15, 0.2) is 78.9 Å². The van der Waals surface area contributed by atoms with Crippen LogP contribution in [0.5, 0.6) is 5.75 Å². The molecule has 0 saturated carbocycles. The molecule has 12 heteroatoms. The molecular weight excluding hydrogens is 684 g/mol. The number of piperidine rings is 1. The molecule has 0 bridgehead atoms. The van der Waals surface area contributed by atoms with E-state index in [0.29, 0.717) is 57.7 Å². The number of ether oxygens (including phenoxy) is 1. The summed E-state index contributed by atoms with van der Waals surface area (Å²) in [4.78, 5) is 56.6. The van der Waals surface area contributed by atoms with Crippen molar-refractivity contribution in [1.82, 2.24) is 25.3 Å². The molecule has 4 N–H and O–H groups in total. The summed E-state index contributed by atoms with van der Waals surface area (Å²) in [5, 5.41) is 18.5. The van der Waals surface area contributed by atoms with Crippen LogP contribution in [0.25, 0.3) is 11.1 Å². The normalized spacial score (nSPS) is 15.5. The molecule has 3 aromatic carbocycles. The number of aromatic hydroxyl groups is 1. The lowest BCUT2D eigenvalue weighted by Gasteiger charge is -2.31. The number of para-hydroxylation sites is 1. The number of hydrogen-bond donors (Lipinski definition) is 4. The van der Waals surface area contributed by atoms with Crippen molar-refractivity contribution in [3.63, 3.8) is 0 Å². The number of carbonyl (C=O) groups is 4. The summed E-state index contributed by atoms with van der Waals surface area (Å²) in [6.07, 6.45) is 5.45. The molecule has 5 rings (SSSR count). The number of rotatable bonds is 18. The predicted octanol–water partition coefficient (Wildman–Crippen LogP) is 5.38. The van der Waals surface area contributed by atoms with Crippen LogP contribution in [0.2, 0.25) is 0 Å². The SMILES string of the molecule is O=C1CCN(CCCC(=O)N(CCCCCNC(=O)CCN2CCC(OC(=O)Nc3ccccc3-c3ccccc3)CC2)Cc2ccc(O)cc2)CCN1. The van der Waals surface area contributed by atoms with E-state index in [-0.39, 0.29) is 29.6 Å². The number of nitrogens with one attached hydrogen (secondary N) is 3. The Labute approximate surface area is 319 Å². The third-order valence-corrected chi connectivity index (χ3v) is 10.1. The maximum atomic E-state index is 13.3. The number of hydrogen-bond acceptors (Lipinski definition) is 8. The van der Waals surface area contributed by atoms with Gasteiger partial charge in [-0.15, -0.1) is 0 Å². The Hall–Kier alpha value is -4.94. The van der Waals surface area contributed by atoms with Crippen molar-refractivity contribution in [3.05, 3.63) is 84.4 Å². The van der Waals surface area contributed by atoms with Gasteiger partial charge in [0.2, 0.25) is 17.7 Å². The Bertz CT molecular complexity index is 1630. The number of benzene rings is 3. The third-order valence-electron chi connectivity index (χ3n) is 10.1. The van der Waals surface area contributed by atoms with Crippen LogP contribution in [-0.2, 0) is 25.7 Å². The highest BCUT2D eigenvalue weighted by Gasteiger charge is 2.23. The lowest BCUT2D eigenvalue weighted by Crippen LogP contribution is -2.40. The molecular formula is C42H56N6O6. The van der Waals surface area contributed by atoms with Crippen LogP contribution >= 0.6 is 0 Å². The van der Waals surface area contributed by atoms with Crippen molar-refractivity contribution in [2.45, 2.75) is 70.4 Å². The largest absolute Gasteiger partial charge is 0.508 e. The van der Waals surface area contributed by atoms with Gasteiger partial charge < -0.3 is 35.2 Å². The zero-order valence-electron chi connectivity index (χ0n) is 31.3. The van der Waals surface area contributed by atoms with Gasteiger partial charge in [0.1, 0.15) is 11.9 Å². The van der Waals surface area contributed by atoms with E-state index in [1.807, 2.05) is 71.6 Å². The van der Waals surface area contributed by atoms with Crippen LogP contribution in [0.3, 0.4) is 0 Å². The molecule has 0 spiro atoms. The lowest BCUT2D eigenvalue weighted by atomic mass is 10.0. The third kappa shape index (κ3) is 13.8. The van der Waals surface area contributed by atoms with Crippen molar-refractivity contribution in [1.29, 1.82) is 0 Å². The van der Waals surface area contributed by atoms with Crippen molar-refractivity contribution < 1.29 is 29.0 Å². The Morgan fingerprint density at radius 1 is 0.815 bits per heavy atom. The smallest absolute Gasteiger partial charge is 0.411 e. The number of unbranched alkanes of at least 4 members (excludes halogenated alkanes) is 2. The Balaban J connectivity index is 0.938. The molecule has 0 radical (unpaired) electrons. The second kappa shape index (κ2) is 21.7. The second-order valence-electron chi connectivity index (χ2n) is 14.2. The summed E-state index contributed by atoms with van der Waals surface area (Å²) < 4.78 is 5.75. The van der Waals surface area contributed by atoms with Gasteiger partial charge in [-0.05, 0) is 74.4 Å². The Kier molecular flexibility index (Phi) is 16.2. The number of phenols is 1. The first-order valence-electron chi connectivity index (χ1n) is 19.5. The summed E-state index contributed by atoms with van der Waals surface area (Å²) in [6.45, 7) is 6.84. The zero-order valence-corrected chi connectivity index (χ0v) is 31.3. The van der Waals surface area contributed by atoms with E-state index in [1.165, 1.54) is 0 Å². The highest BCUT2D eigenvalue weighted by atomic mass is 16.6. The van der Waals surface area contributed by atoms with Gasteiger partial charge in [-0.1, -0.05) is 60.7 Å². The molecule has 12 nitrogen and oxygen atoms in total. The van der Waals surface area contributed by atoms with Gasteiger partial charge >= 0.3 is 6.09 Å². The van der Waals surface area contributed by atoms with Crippen LogP contribution in [0.4, 0.5) is 10.5 Å². The number of anilines is 1. The van der Waals surface area contributed by atoms with E-state index in [2.05, 4.69) is 25.8 Å². The highest BCUT2D eigenvalue weighted by Crippen LogP contribution is 2.28. The minimum atomic E-state index is -0.454. The fraction of sp³-hybridized carbons (Fsp3) is 0.476. The lowest BCUT2D eigenvalue weighted by molar-refractivity contribution is -0.132. The molecule has 2 saturated heterocycles. The summed E-state index contributed by atoms with van der Waals surface area (Å²) >= 11 is 0.